The van der Waals surface area contributed by atoms with Crippen molar-refractivity contribution in [3.63, 3.8) is 0 Å². The quantitative estimate of drug-likeness (QED) is 0.860. The summed E-state index contributed by atoms with van der Waals surface area (Å²) >= 11 is 0. The number of hydrogen-bond acceptors (Lipinski definition) is 2. The summed E-state index contributed by atoms with van der Waals surface area (Å²) in [6.45, 7) is 3.38. The number of aromatic nitrogens is 1. The van der Waals surface area contributed by atoms with Crippen molar-refractivity contribution in [1.82, 2.24) is 4.98 Å². The number of rotatable bonds is 3. The van der Waals surface area contributed by atoms with E-state index in [0.717, 1.165) is 6.07 Å². The van der Waals surface area contributed by atoms with E-state index in [1.807, 2.05) is 0 Å². The minimum atomic E-state index is -0.755. The minimum absolute atomic E-state index is 0.0697. The van der Waals surface area contributed by atoms with Crippen LogP contribution in [0.3, 0.4) is 0 Å². The fraction of sp³-hybridized carbons (Fsp3) is 0.200. The third-order valence-corrected chi connectivity index (χ3v) is 3.01. The molecule has 0 unspecified atom stereocenters. The number of halogens is 2. The summed E-state index contributed by atoms with van der Waals surface area (Å²) < 4.78 is 28.5. The first kappa shape index (κ1) is 14.1. The van der Waals surface area contributed by atoms with Crippen molar-refractivity contribution in [2.75, 3.05) is 11.4 Å². The Labute approximate surface area is 115 Å². The van der Waals surface area contributed by atoms with Gasteiger partial charge in [-0.1, -0.05) is 6.07 Å². The van der Waals surface area contributed by atoms with E-state index in [2.05, 4.69) is 4.98 Å². The van der Waals surface area contributed by atoms with E-state index in [9.17, 15) is 13.6 Å². The van der Waals surface area contributed by atoms with Crippen LogP contribution in [0.2, 0.25) is 0 Å². The highest BCUT2D eigenvalue weighted by atomic mass is 19.1. The lowest BCUT2D eigenvalue weighted by Gasteiger charge is -2.21. The Morgan fingerprint density at radius 2 is 2.05 bits per heavy atom. The maximum absolute atomic E-state index is 14.6. The molecule has 0 bridgehead atoms. The molecule has 0 atom stereocenters. The topological polar surface area (TPSA) is 33.2 Å². The lowest BCUT2D eigenvalue weighted by molar-refractivity contribution is -0.116. The van der Waals surface area contributed by atoms with Gasteiger partial charge in [-0.3, -0.25) is 9.78 Å². The van der Waals surface area contributed by atoms with Crippen LogP contribution in [0.25, 0.3) is 11.1 Å². The average Bonchev–Trinajstić information content (AvgIpc) is 2.43. The van der Waals surface area contributed by atoms with E-state index in [-0.39, 0.29) is 17.2 Å². The van der Waals surface area contributed by atoms with Crippen LogP contribution >= 0.6 is 0 Å². The molecular formula is C15H14F2N2O. The Morgan fingerprint density at radius 3 is 2.60 bits per heavy atom. The molecule has 2 aromatic rings. The van der Waals surface area contributed by atoms with Crippen molar-refractivity contribution in [3.05, 3.63) is 48.3 Å². The first-order chi connectivity index (χ1) is 9.56. The second kappa shape index (κ2) is 5.77. The van der Waals surface area contributed by atoms with Crippen LogP contribution in [-0.4, -0.2) is 17.4 Å². The van der Waals surface area contributed by atoms with E-state index in [4.69, 9.17) is 0 Å². The predicted octanol–water partition coefficient (Wildman–Crippen LogP) is 3.40. The third-order valence-electron chi connectivity index (χ3n) is 3.01. The number of hydrogen-bond donors (Lipinski definition) is 0. The highest BCUT2D eigenvalue weighted by Gasteiger charge is 2.20. The van der Waals surface area contributed by atoms with Crippen LogP contribution in [-0.2, 0) is 4.79 Å². The van der Waals surface area contributed by atoms with E-state index >= 15 is 0 Å². The molecule has 0 aliphatic rings. The summed E-state index contributed by atoms with van der Waals surface area (Å²) in [4.78, 5) is 16.6. The molecule has 0 radical (unpaired) electrons. The second-order valence-electron chi connectivity index (χ2n) is 4.26. The number of anilines is 1. The zero-order valence-electron chi connectivity index (χ0n) is 11.2. The minimum Gasteiger partial charge on any atom is -0.310 e. The Bertz CT molecular complexity index is 629. The van der Waals surface area contributed by atoms with Crippen LogP contribution in [0.1, 0.15) is 13.8 Å². The first-order valence-electron chi connectivity index (χ1n) is 6.22. The van der Waals surface area contributed by atoms with Crippen LogP contribution < -0.4 is 4.90 Å². The molecular weight excluding hydrogens is 262 g/mol. The van der Waals surface area contributed by atoms with Gasteiger partial charge in [0.15, 0.2) is 5.82 Å². The summed E-state index contributed by atoms with van der Waals surface area (Å²) in [7, 11) is 0. The fourth-order valence-electron chi connectivity index (χ4n) is 2.09. The number of carbonyl (C=O) groups is 1. The molecule has 0 spiro atoms. The molecule has 0 fully saturated rings. The normalized spacial score (nSPS) is 10.4. The molecule has 5 heteroatoms. The summed E-state index contributed by atoms with van der Waals surface area (Å²) in [5.41, 5.74) is 0.236. The van der Waals surface area contributed by atoms with Gasteiger partial charge in [0.05, 0.1) is 11.3 Å². The molecule has 1 amide bonds. The second-order valence-corrected chi connectivity index (χ2v) is 4.26. The zero-order valence-corrected chi connectivity index (χ0v) is 11.2. The molecule has 1 aromatic carbocycles. The van der Waals surface area contributed by atoms with Crippen molar-refractivity contribution >= 4 is 11.6 Å². The standard InChI is InChI=1S/C15H14F2N2O/c1-3-19(10(2)20)13-7-6-12(16)14(15(13)17)11-5-4-8-18-9-11/h4-9H,3H2,1-2H3. The molecule has 104 valence electrons. The van der Waals surface area contributed by atoms with Crippen molar-refractivity contribution in [2.24, 2.45) is 0 Å². The molecule has 3 nitrogen and oxygen atoms in total. The zero-order chi connectivity index (χ0) is 14.7. The maximum Gasteiger partial charge on any atom is 0.223 e. The molecule has 0 saturated carbocycles. The van der Waals surface area contributed by atoms with Gasteiger partial charge >= 0.3 is 0 Å². The van der Waals surface area contributed by atoms with Crippen LogP contribution in [0.15, 0.2) is 36.7 Å². The summed E-state index contributed by atoms with van der Waals surface area (Å²) in [5, 5.41) is 0. The van der Waals surface area contributed by atoms with E-state index in [0.29, 0.717) is 12.1 Å². The fourth-order valence-corrected chi connectivity index (χ4v) is 2.09. The molecule has 2 rings (SSSR count). The molecule has 20 heavy (non-hydrogen) atoms. The Balaban J connectivity index is 2.62. The van der Waals surface area contributed by atoms with Crippen LogP contribution in [0.4, 0.5) is 14.5 Å². The summed E-state index contributed by atoms with van der Waals surface area (Å²) in [6, 6.07) is 5.60. The molecule has 0 aliphatic carbocycles. The van der Waals surface area contributed by atoms with E-state index in [1.165, 1.54) is 30.3 Å². The van der Waals surface area contributed by atoms with Gasteiger partial charge in [-0.15, -0.1) is 0 Å². The van der Waals surface area contributed by atoms with Crippen molar-refractivity contribution < 1.29 is 13.6 Å². The number of pyridine rings is 1. The van der Waals surface area contributed by atoms with Gasteiger partial charge in [0.1, 0.15) is 5.82 Å². The van der Waals surface area contributed by atoms with Gasteiger partial charge in [-0.25, -0.2) is 8.78 Å². The Kier molecular flexibility index (Phi) is 4.08. The molecule has 1 aromatic heterocycles. The largest absolute Gasteiger partial charge is 0.310 e. The van der Waals surface area contributed by atoms with Gasteiger partial charge in [-0.05, 0) is 25.1 Å². The van der Waals surface area contributed by atoms with E-state index in [1.54, 1.807) is 19.1 Å². The van der Waals surface area contributed by atoms with Gasteiger partial charge in [0, 0.05) is 31.4 Å². The number of carbonyl (C=O) groups excluding carboxylic acids is 1. The first-order valence-corrected chi connectivity index (χ1v) is 6.22. The Hall–Kier alpha value is -2.30. The van der Waals surface area contributed by atoms with Crippen molar-refractivity contribution in [1.29, 1.82) is 0 Å². The monoisotopic (exact) mass is 276 g/mol. The third kappa shape index (κ3) is 2.52. The van der Waals surface area contributed by atoms with Crippen LogP contribution in [0.5, 0.6) is 0 Å². The highest BCUT2D eigenvalue weighted by molar-refractivity contribution is 5.92. The average molecular weight is 276 g/mol. The molecule has 1 heterocycles. The number of nitrogens with zero attached hydrogens (tertiary/aromatic N) is 2. The highest BCUT2D eigenvalue weighted by Crippen LogP contribution is 2.32. The molecule has 0 saturated heterocycles. The predicted molar refractivity (Wildman–Crippen MR) is 73.3 cm³/mol. The SMILES string of the molecule is CCN(C(C)=O)c1ccc(F)c(-c2cccnc2)c1F. The molecule has 0 aliphatic heterocycles. The Morgan fingerprint density at radius 1 is 1.30 bits per heavy atom. The van der Waals surface area contributed by atoms with Gasteiger partial charge < -0.3 is 4.90 Å². The van der Waals surface area contributed by atoms with Gasteiger partial charge in [0.2, 0.25) is 5.91 Å². The lowest BCUT2D eigenvalue weighted by atomic mass is 10.0. The number of benzene rings is 1. The lowest BCUT2D eigenvalue weighted by Crippen LogP contribution is -2.29. The van der Waals surface area contributed by atoms with E-state index < -0.39 is 11.6 Å². The number of amides is 1. The van der Waals surface area contributed by atoms with Crippen molar-refractivity contribution in [3.8, 4) is 11.1 Å². The smallest absolute Gasteiger partial charge is 0.223 e. The summed E-state index contributed by atoms with van der Waals surface area (Å²) in [6.07, 6.45) is 2.91. The van der Waals surface area contributed by atoms with Gasteiger partial charge in [0.25, 0.3) is 0 Å². The van der Waals surface area contributed by atoms with Crippen molar-refractivity contribution in [2.45, 2.75) is 13.8 Å². The van der Waals surface area contributed by atoms with Gasteiger partial charge in [-0.2, -0.15) is 0 Å². The van der Waals surface area contributed by atoms with Crippen LogP contribution in [0, 0.1) is 11.6 Å². The summed E-state index contributed by atoms with van der Waals surface area (Å²) in [5.74, 6) is -1.73. The molecule has 0 N–H and O–H groups in total. The maximum atomic E-state index is 14.6.